The van der Waals surface area contributed by atoms with Crippen molar-refractivity contribution in [3.05, 3.63) is 47.0 Å². The van der Waals surface area contributed by atoms with E-state index >= 15 is 0 Å². The number of benzene rings is 1. The highest BCUT2D eigenvalue weighted by Gasteiger charge is 2.17. The molecule has 0 bridgehead atoms. The molecule has 23 heavy (non-hydrogen) atoms. The summed E-state index contributed by atoms with van der Waals surface area (Å²) < 4.78 is 0. The van der Waals surface area contributed by atoms with E-state index in [0.717, 1.165) is 18.7 Å². The molecule has 1 aliphatic carbocycles. The van der Waals surface area contributed by atoms with Crippen LogP contribution in [0.2, 0.25) is 0 Å². The number of hydrogen-bond donors (Lipinski definition) is 2. The number of aryl methyl sites for hydroxylation is 1. The second-order valence-electron chi connectivity index (χ2n) is 6.44. The number of amides is 1. The maximum Gasteiger partial charge on any atom is 0.227 e. The molecule has 2 N–H and O–H groups in total. The Bertz CT molecular complexity index is 641. The van der Waals surface area contributed by atoms with E-state index in [-0.39, 0.29) is 12.3 Å². The maximum atomic E-state index is 12.1. The lowest BCUT2D eigenvalue weighted by molar-refractivity contribution is -0.121. The maximum absolute atomic E-state index is 12.1. The van der Waals surface area contributed by atoms with E-state index < -0.39 is 0 Å². The van der Waals surface area contributed by atoms with E-state index in [1.807, 2.05) is 0 Å². The summed E-state index contributed by atoms with van der Waals surface area (Å²) in [4.78, 5) is 16.5. The zero-order chi connectivity index (χ0) is 16.1. The van der Waals surface area contributed by atoms with Crippen LogP contribution in [0.3, 0.4) is 0 Å². The first-order valence-corrected chi connectivity index (χ1v) is 8.44. The lowest BCUT2D eigenvalue weighted by atomic mass is 9.95. The molecule has 122 valence electrons. The van der Waals surface area contributed by atoms with Gasteiger partial charge >= 0.3 is 0 Å². The first kappa shape index (κ1) is 15.7. The number of aromatic amines is 1. The molecule has 1 amide bonds. The highest BCUT2D eigenvalue weighted by Crippen LogP contribution is 2.17. The largest absolute Gasteiger partial charge is 0.353 e. The fourth-order valence-corrected chi connectivity index (χ4v) is 3.06. The molecule has 1 aromatic carbocycles. The van der Waals surface area contributed by atoms with Gasteiger partial charge in [-0.15, -0.1) is 0 Å². The van der Waals surface area contributed by atoms with Gasteiger partial charge in [-0.3, -0.25) is 9.89 Å². The first-order chi connectivity index (χ1) is 11.2. The van der Waals surface area contributed by atoms with Crippen LogP contribution in [0.5, 0.6) is 0 Å². The molecule has 0 radical (unpaired) electrons. The van der Waals surface area contributed by atoms with E-state index in [1.165, 1.54) is 30.4 Å². The number of carbonyl (C=O) groups is 1. The predicted molar refractivity (Wildman–Crippen MR) is 89.1 cm³/mol. The molecular formula is C18H24N4O. The smallest absolute Gasteiger partial charge is 0.227 e. The van der Waals surface area contributed by atoms with Crippen LogP contribution in [-0.4, -0.2) is 27.1 Å². The Morgan fingerprint density at radius 1 is 1.22 bits per heavy atom. The van der Waals surface area contributed by atoms with E-state index in [9.17, 15) is 4.79 Å². The van der Waals surface area contributed by atoms with Crippen LogP contribution in [0.4, 0.5) is 0 Å². The van der Waals surface area contributed by atoms with Crippen LogP contribution in [0, 0.1) is 6.92 Å². The summed E-state index contributed by atoms with van der Waals surface area (Å²) in [6.07, 6.45) is 6.86. The number of hydrogen-bond acceptors (Lipinski definition) is 3. The van der Waals surface area contributed by atoms with Gasteiger partial charge in [0.1, 0.15) is 5.82 Å². The van der Waals surface area contributed by atoms with Gasteiger partial charge in [0.15, 0.2) is 5.82 Å². The minimum Gasteiger partial charge on any atom is -0.353 e. The third-order valence-electron chi connectivity index (χ3n) is 4.36. The number of nitrogens with one attached hydrogen (secondary N) is 2. The molecule has 0 atom stereocenters. The molecule has 0 unspecified atom stereocenters. The average molecular weight is 312 g/mol. The van der Waals surface area contributed by atoms with Crippen molar-refractivity contribution in [3.63, 3.8) is 0 Å². The Labute approximate surface area is 136 Å². The van der Waals surface area contributed by atoms with E-state index in [4.69, 9.17) is 0 Å². The standard InChI is InChI=1S/C18H24N4O/c1-13-7-9-14(10-8-13)11-16-20-17(22-21-16)12-18(23)19-15-5-3-2-4-6-15/h7-10,15H,2-6,11-12H2,1H3,(H,19,23)(H,20,21,22). The van der Waals surface area contributed by atoms with Crippen LogP contribution < -0.4 is 5.32 Å². The molecule has 1 aliphatic rings. The fourth-order valence-electron chi connectivity index (χ4n) is 3.06. The van der Waals surface area contributed by atoms with Gasteiger partial charge in [-0.25, -0.2) is 4.98 Å². The molecule has 1 aromatic heterocycles. The third kappa shape index (κ3) is 4.65. The van der Waals surface area contributed by atoms with Crippen molar-refractivity contribution in [1.82, 2.24) is 20.5 Å². The minimum absolute atomic E-state index is 0.0257. The van der Waals surface area contributed by atoms with Crippen LogP contribution in [0.1, 0.15) is 54.9 Å². The fraction of sp³-hybridized carbons (Fsp3) is 0.500. The van der Waals surface area contributed by atoms with Crippen molar-refractivity contribution >= 4 is 5.91 Å². The summed E-state index contributed by atoms with van der Waals surface area (Å²) in [6.45, 7) is 2.07. The molecule has 1 saturated carbocycles. The van der Waals surface area contributed by atoms with Crippen molar-refractivity contribution in [1.29, 1.82) is 0 Å². The van der Waals surface area contributed by atoms with Crippen molar-refractivity contribution < 1.29 is 4.79 Å². The topological polar surface area (TPSA) is 70.7 Å². The second-order valence-corrected chi connectivity index (χ2v) is 6.44. The second kappa shape index (κ2) is 7.40. The lowest BCUT2D eigenvalue weighted by Crippen LogP contribution is -2.37. The van der Waals surface area contributed by atoms with E-state index in [1.54, 1.807) is 0 Å². The minimum atomic E-state index is 0.0257. The Hall–Kier alpha value is -2.17. The quantitative estimate of drug-likeness (QED) is 0.891. The summed E-state index contributed by atoms with van der Waals surface area (Å²) in [5.74, 6) is 1.40. The number of carbonyl (C=O) groups excluding carboxylic acids is 1. The summed E-state index contributed by atoms with van der Waals surface area (Å²) >= 11 is 0. The summed E-state index contributed by atoms with van der Waals surface area (Å²) in [5, 5.41) is 10.2. The predicted octanol–water partition coefficient (Wildman–Crippen LogP) is 2.70. The van der Waals surface area contributed by atoms with Crippen molar-refractivity contribution in [2.24, 2.45) is 0 Å². The Kier molecular flexibility index (Phi) is 5.05. The lowest BCUT2D eigenvalue weighted by Gasteiger charge is -2.22. The van der Waals surface area contributed by atoms with Crippen molar-refractivity contribution in [2.45, 2.75) is 57.9 Å². The molecule has 0 saturated heterocycles. The normalized spacial score (nSPS) is 15.5. The van der Waals surface area contributed by atoms with Crippen LogP contribution in [-0.2, 0) is 17.6 Å². The first-order valence-electron chi connectivity index (χ1n) is 8.44. The van der Waals surface area contributed by atoms with Gasteiger partial charge in [0.2, 0.25) is 5.91 Å². The van der Waals surface area contributed by atoms with Crippen molar-refractivity contribution in [3.8, 4) is 0 Å². The van der Waals surface area contributed by atoms with Crippen molar-refractivity contribution in [2.75, 3.05) is 0 Å². The summed E-state index contributed by atoms with van der Waals surface area (Å²) in [7, 11) is 0. The van der Waals surface area contributed by atoms with E-state index in [2.05, 4.69) is 51.7 Å². The van der Waals surface area contributed by atoms with Crippen LogP contribution in [0.25, 0.3) is 0 Å². The van der Waals surface area contributed by atoms with Gasteiger partial charge in [-0.05, 0) is 25.3 Å². The monoisotopic (exact) mass is 312 g/mol. The Balaban J connectivity index is 1.52. The van der Waals surface area contributed by atoms with Gasteiger partial charge in [-0.2, -0.15) is 5.10 Å². The number of H-pyrrole nitrogens is 1. The van der Waals surface area contributed by atoms with Crippen LogP contribution in [0.15, 0.2) is 24.3 Å². The van der Waals surface area contributed by atoms with Gasteiger partial charge < -0.3 is 5.32 Å². The highest BCUT2D eigenvalue weighted by atomic mass is 16.1. The number of rotatable bonds is 5. The molecule has 1 heterocycles. The zero-order valence-electron chi connectivity index (χ0n) is 13.6. The van der Waals surface area contributed by atoms with Gasteiger partial charge in [0.05, 0.1) is 6.42 Å². The molecule has 3 rings (SSSR count). The highest BCUT2D eigenvalue weighted by molar-refractivity contribution is 5.78. The van der Waals surface area contributed by atoms with E-state index in [0.29, 0.717) is 18.3 Å². The molecule has 5 nitrogen and oxygen atoms in total. The average Bonchev–Trinajstić information content (AvgIpc) is 2.97. The molecule has 1 fully saturated rings. The molecule has 5 heteroatoms. The SMILES string of the molecule is Cc1ccc(Cc2nc(CC(=O)NC3CCCCC3)n[nH]2)cc1. The zero-order valence-corrected chi connectivity index (χ0v) is 13.6. The van der Waals surface area contributed by atoms with Gasteiger partial charge in [0.25, 0.3) is 0 Å². The Morgan fingerprint density at radius 3 is 2.70 bits per heavy atom. The molecule has 0 spiro atoms. The molecular weight excluding hydrogens is 288 g/mol. The van der Waals surface area contributed by atoms with Crippen LogP contribution >= 0.6 is 0 Å². The molecule has 2 aromatic rings. The van der Waals surface area contributed by atoms with Gasteiger partial charge in [0, 0.05) is 12.5 Å². The number of nitrogens with zero attached hydrogens (tertiary/aromatic N) is 2. The Morgan fingerprint density at radius 2 is 1.96 bits per heavy atom. The third-order valence-corrected chi connectivity index (χ3v) is 4.36. The molecule has 0 aliphatic heterocycles. The number of aromatic nitrogens is 3. The summed E-state index contributed by atoms with van der Waals surface area (Å²) in [5.41, 5.74) is 2.43. The summed E-state index contributed by atoms with van der Waals surface area (Å²) in [6, 6.07) is 8.69. The van der Waals surface area contributed by atoms with Gasteiger partial charge in [-0.1, -0.05) is 49.1 Å².